The minimum Gasteiger partial charge on any atom is -0.497 e. The van der Waals surface area contributed by atoms with E-state index in [0.29, 0.717) is 24.3 Å². The van der Waals surface area contributed by atoms with Crippen LogP contribution in [-0.4, -0.2) is 32.6 Å². The summed E-state index contributed by atoms with van der Waals surface area (Å²) < 4.78 is 15.9. The number of hydrogen-bond acceptors (Lipinski definition) is 6. The second-order valence-electron chi connectivity index (χ2n) is 6.66. The summed E-state index contributed by atoms with van der Waals surface area (Å²) in [7, 11) is 3.06. The van der Waals surface area contributed by atoms with Gasteiger partial charge in [0, 0.05) is 13.0 Å². The molecule has 7 heteroatoms. The molecule has 0 radical (unpaired) electrons. The van der Waals surface area contributed by atoms with Crippen molar-refractivity contribution in [3.05, 3.63) is 59.2 Å². The normalized spacial score (nSPS) is 10.7. The van der Waals surface area contributed by atoms with Gasteiger partial charge in [0.1, 0.15) is 17.4 Å². The Balaban J connectivity index is 2.04. The third-order valence-corrected chi connectivity index (χ3v) is 4.40. The number of benzene rings is 2. The minimum absolute atomic E-state index is 0.0141. The molecule has 1 N–H and O–H groups in total. The van der Waals surface area contributed by atoms with E-state index in [4.69, 9.17) is 14.2 Å². The van der Waals surface area contributed by atoms with E-state index >= 15 is 0 Å². The van der Waals surface area contributed by atoms with Crippen LogP contribution in [0.5, 0.6) is 17.2 Å². The maximum absolute atomic E-state index is 12.3. The lowest BCUT2D eigenvalue weighted by Gasteiger charge is -2.10. The number of nitrogens with one attached hydrogen (secondary N) is 1. The first-order valence-corrected chi connectivity index (χ1v) is 9.92. The number of rotatable bonds is 10. The molecule has 0 saturated heterocycles. The number of nitriles is 1. The van der Waals surface area contributed by atoms with Crippen LogP contribution in [0.1, 0.15) is 30.9 Å². The number of carbonyl (C=O) groups is 2. The van der Waals surface area contributed by atoms with E-state index in [1.54, 1.807) is 25.3 Å². The average molecular weight is 422 g/mol. The molecule has 0 aromatic heterocycles. The topological polar surface area (TPSA) is 97.7 Å². The summed E-state index contributed by atoms with van der Waals surface area (Å²) in [6.07, 6.45) is 2.97. The fraction of sp³-hybridized carbons (Fsp3) is 0.292. The molecule has 0 saturated carbocycles. The Morgan fingerprint density at radius 3 is 2.42 bits per heavy atom. The van der Waals surface area contributed by atoms with Gasteiger partial charge >= 0.3 is 5.97 Å². The lowest BCUT2D eigenvalue weighted by Crippen LogP contribution is -2.25. The standard InChI is InChI=1S/C24H26N2O5/c1-4-13-26-24(28)19(16-25)14-18-7-11-21(22(15-18)30-3)31-23(27)12-8-17-5-9-20(29-2)10-6-17/h5-7,9-11,14-15H,4,8,12-13H2,1-3H3,(H,26,28)/b19-14+. The Labute approximate surface area is 182 Å². The first-order chi connectivity index (χ1) is 15.0. The smallest absolute Gasteiger partial charge is 0.311 e. The summed E-state index contributed by atoms with van der Waals surface area (Å²) in [5.74, 6) is 0.533. The molecule has 0 heterocycles. The third-order valence-electron chi connectivity index (χ3n) is 4.40. The Morgan fingerprint density at radius 1 is 1.06 bits per heavy atom. The van der Waals surface area contributed by atoms with Crippen molar-refractivity contribution in [2.24, 2.45) is 0 Å². The van der Waals surface area contributed by atoms with Gasteiger partial charge in [0.25, 0.3) is 5.91 Å². The second kappa shape index (κ2) is 12.0. The van der Waals surface area contributed by atoms with Crippen molar-refractivity contribution in [3.63, 3.8) is 0 Å². The number of aryl methyl sites for hydroxylation is 1. The number of methoxy groups -OCH3 is 2. The number of carbonyl (C=O) groups excluding carboxylic acids is 2. The van der Waals surface area contributed by atoms with Crippen molar-refractivity contribution in [2.45, 2.75) is 26.2 Å². The third kappa shape index (κ3) is 7.19. The molecular weight excluding hydrogens is 396 g/mol. The first kappa shape index (κ1) is 23.5. The Hall–Kier alpha value is -3.79. The molecule has 1 amide bonds. The predicted octanol–water partition coefficient (Wildman–Crippen LogP) is 3.68. The Morgan fingerprint density at radius 2 is 1.81 bits per heavy atom. The monoisotopic (exact) mass is 422 g/mol. The molecule has 7 nitrogen and oxygen atoms in total. The molecule has 162 valence electrons. The van der Waals surface area contributed by atoms with Crippen LogP contribution in [0.2, 0.25) is 0 Å². The molecule has 2 rings (SSSR count). The van der Waals surface area contributed by atoms with E-state index in [2.05, 4.69) is 5.32 Å². The molecule has 0 fully saturated rings. The summed E-state index contributed by atoms with van der Waals surface area (Å²) >= 11 is 0. The van der Waals surface area contributed by atoms with Crippen LogP contribution in [-0.2, 0) is 16.0 Å². The Kier molecular flexibility index (Phi) is 9.12. The summed E-state index contributed by atoms with van der Waals surface area (Å²) in [6.45, 7) is 2.42. The molecule has 2 aromatic carbocycles. The molecule has 0 aliphatic heterocycles. The van der Waals surface area contributed by atoms with Gasteiger partial charge in [-0.3, -0.25) is 9.59 Å². The first-order valence-electron chi connectivity index (χ1n) is 9.92. The van der Waals surface area contributed by atoms with E-state index in [1.807, 2.05) is 37.3 Å². The number of amides is 1. The van der Waals surface area contributed by atoms with Gasteiger partial charge in [0.05, 0.1) is 14.2 Å². The zero-order chi connectivity index (χ0) is 22.6. The summed E-state index contributed by atoms with van der Waals surface area (Å²) in [5.41, 5.74) is 1.56. The number of nitrogens with zero attached hydrogens (tertiary/aromatic N) is 1. The number of esters is 1. The van der Waals surface area contributed by atoms with Gasteiger partial charge in [0.2, 0.25) is 0 Å². The molecule has 0 unspecified atom stereocenters. The lowest BCUT2D eigenvalue weighted by molar-refractivity contribution is -0.134. The van der Waals surface area contributed by atoms with Gasteiger partial charge in [-0.05, 0) is 54.3 Å². The molecule has 0 aliphatic rings. The quantitative estimate of drug-likeness (QED) is 0.272. The highest BCUT2D eigenvalue weighted by molar-refractivity contribution is 6.01. The van der Waals surface area contributed by atoms with Crippen LogP contribution >= 0.6 is 0 Å². The van der Waals surface area contributed by atoms with Crippen molar-refractivity contribution in [1.29, 1.82) is 5.26 Å². The Bertz CT molecular complexity index is 974. The molecule has 2 aromatic rings. The fourth-order valence-corrected chi connectivity index (χ4v) is 2.72. The number of hydrogen-bond donors (Lipinski definition) is 1. The van der Waals surface area contributed by atoms with E-state index in [1.165, 1.54) is 13.2 Å². The van der Waals surface area contributed by atoms with Crippen molar-refractivity contribution >= 4 is 18.0 Å². The van der Waals surface area contributed by atoms with Crippen LogP contribution in [0, 0.1) is 11.3 Å². The van der Waals surface area contributed by atoms with Crippen molar-refractivity contribution in [1.82, 2.24) is 5.32 Å². The highest BCUT2D eigenvalue weighted by Crippen LogP contribution is 2.29. The lowest BCUT2D eigenvalue weighted by atomic mass is 10.1. The van der Waals surface area contributed by atoms with Crippen LogP contribution in [0.3, 0.4) is 0 Å². The zero-order valence-corrected chi connectivity index (χ0v) is 17.9. The van der Waals surface area contributed by atoms with Gasteiger partial charge in [0.15, 0.2) is 11.5 Å². The van der Waals surface area contributed by atoms with Gasteiger partial charge in [-0.2, -0.15) is 5.26 Å². The highest BCUT2D eigenvalue weighted by atomic mass is 16.6. The van der Waals surface area contributed by atoms with E-state index < -0.39 is 11.9 Å². The van der Waals surface area contributed by atoms with Crippen LogP contribution in [0.25, 0.3) is 6.08 Å². The van der Waals surface area contributed by atoms with Crippen LogP contribution in [0.4, 0.5) is 0 Å². The van der Waals surface area contributed by atoms with E-state index in [-0.39, 0.29) is 17.7 Å². The maximum atomic E-state index is 12.3. The van der Waals surface area contributed by atoms with Gasteiger partial charge in [-0.25, -0.2) is 0 Å². The van der Waals surface area contributed by atoms with Gasteiger partial charge < -0.3 is 19.5 Å². The SMILES string of the molecule is CCCNC(=O)/C(C#N)=C/c1ccc(OC(=O)CCc2ccc(OC)cc2)c(OC)c1. The highest BCUT2D eigenvalue weighted by Gasteiger charge is 2.13. The summed E-state index contributed by atoms with van der Waals surface area (Å²) in [6, 6.07) is 14.2. The van der Waals surface area contributed by atoms with E-state index in [0.717, 1.165) is 17.7 Å². The predicted molar refractivity (Wildman–Crippen MR) is 117 cm³/mol. The molecule has 0 bridgehead atoms. The van der Waals surface area contributed by atoms with Gasteiger partial charge in [-0.15, -0.1) is 0 Å². The minimum atomic E-state index is -0.433. The molecule has 0 atom stereocenters. The molecular formula is C24H26N2O5. The number of ether oxygens (including phenoxy) is 3. The van der Waals surface area contributed by atoms with Crippen molar-refractivity contribution < 1.29 is 23.8 Å². The average Bonchev–Trinajstić information content (AvgIpc) is 2.80. The van der Waals surface area contributed by atoms with Crippen molar-refractivity contribution in [3.8, 4) is 23.3 Å². The molecule has 0 spiro atoms. The largest absolute Gasteiger partial charge is 0.497 e. The second-order valence-corrected chi connectivity index (χ2v) is 6.66. The fourth-order valence-electron chi connectivity index (χ4n) is 2.72. The van der Waals surface area contributed by atoms with Gasteiger partial charge in [-0.1, -0.05) is 25.1 Å². The van der Waals surface area contributed by atoms with E-state index in [9.17, 15) is 14.9 Å². The molecule has 0 aliphatic carbocycles. The molecule has 31 heavy (non-hydrogen) atoms. The zero-order valence-electron chi connectivity index (χ0n) is 17.9. The maximum Gasteiger partial charge on any atom is 0.311 e. The summed E-state index contributed by atoms with van der Waals surface area (Å²) in [5, 5.41) is 11.9. The van der Waals surface area contributed by atoms with Crippen molar-refractivity contribution in [2.75, 3.05) is 20.8 Å². The van der Waals surface area contributed by atoms with Crippen LogP contribution < -0.4 is 19.5 Å². The van der Waals surface area contributed by atoms with Crippen LogP contribution in [0.15, 0.2) is 48.0 Å². The summed E-state index contributed by atoms with van der Waals surface area (Å²) in [4.78, 5) is 24.3.